The second-order valence-corrected chi connectivity index (χ2v) is 21.9. The van der Waals surface area contributed by atoms with Gasteiger partial charge in [-0.15, -0.1) is 0 Å². The molecular formula is C60H76N6O11. The highest BCUT2D eigenvalue weighted by Crippen LogP contribution is 2.38. The minimum atomic E-state index is -0.529. The van der Waals surface area contributed by atoms with Gasteiger partial charge in [0.1, 0.15) is 17.2 Å². The van der Waals surface area contributed by atoms with Crippen molar-refractivity contribution in [1.29, 1.82) is 0 Å². The molecule has 4 amide bonds. The monoisotopic (exact) mass is 1060 g/mol. The number of aromatic nitrogens is 1. The maximum absolute atomic E-state index is 12.2. The lowest BCUT2D eigenvalue weighted by atomic mass is 9.96. The number of fused-ring (bicyclic) bond motifs is 4. The number of hydrogen-bond acceptors (Lipinski definition) is 12. The third-order valence-corrected chi connectivity index (χ3v) is 15.7. The first-order valence-corrected chi connectivity index (χ1v) is 27.0. The molecule has 412 valence electrons. The predicted molar refractivity (Wildman–Crippen MR) is 295 cm³/mol. The van der Waals surface area contributed by atoms with E-state index in [1.807, 2.05) is 66.1 Å². The van der Waals surface area contributed by atoms with Crippen molar-refractivity contribution in [3.63, 3.8) is 0 Å². The lowest BCUT2D eigenvalue weighted by Gasteiger charge is -2.33. The molecule has 17 nitrogen and oxygen atoms in total. The van der Waals surface area contributed by atoms with E-state index in [9.17, 15) is 19.2 Å². The summed E-state index contributed by atoms with van der Waals surface area (Å²) >= 11 is 0. The Balaban J connectivity index is 0.000000147. The number of carbonyl (C=O) groups excluding carboxylic acids is 4. The molecule has 0 radical (unpaired) electrons. The summed E-state index contributed by atoms with van der Waals surface area (Å²) in [6, 6.07) is 20.6. The first-order valence-electron chi connectivity index (χ1n) is 27.0. The van der Waals surface area contributed by atoms with Crippen LogP contribution in [0.15, 0.2) is 66.9 Å². The number of carbonyl (C=O) groups is 4. The van der Waals surface area contributed by atoms with Gasteiger partial charge in [0.25, 0.3) is 0 Å². The molecule has 0 saturated carbocycles. The van der Waals surface area contributed by atoms with Gasteiger partial charge in [0, 0.05) is 106 Å². The Bertz CT molecular complexity index is 3010. The van der Waals surface area contributed by atoms with Crippen LogP contribution in [0.25, 0.3) is 10.9 Å². The quantitative estimate of drug-likeness (QED) is 0.123. The number of nitrogens with one attached hydrogen (secondary N) is 1. The van der Waals surface area contributed by atoms with Crippen LogP contribution in [0.3, 0.4) is 0 Å². The van der Waals surface area contributed by atoms with Crippen LogP contribution in [0.2, 0.25) is 0 Å². The number of methoxy groups -OCH3 is 3. The Kier molecular flexibility index (Phi) is 16.7. The zero-order valence-electron chi connectivity index (χ0n) is 46.3. The van der Waals surface area contributed by atoms with E-state index in [1.165, 1.54) is 5.56 Å². The fourth-order valence-corrected chi connectivity index (χ4v) is 11.5. The number of likely N-dealkylation sites (tertiary alicyclic amines) is 1. The summed E-state index contributed by atoms with van der Waals surface area (Å²) in [5, 5.41) is 4.06. The van der Waals surface area contributed by atoms with Crippen molar-refractivity contribution in [3.05, 3.63) is 106 Å². The molecular weight excluding hydrogens is 981 g/mol. The molecule has 3 fully saturated rings. The molecule has 7 heterocycles. The molecule has 77 heavy (non-hydrogen) atoms. The number of nitrogens with zero attached hydrogens (tertiary/aromatic N) is 4. The minimum absolute atomic E-state index is 0.00578. The van der Waals surface area contributed by atoms with Crippen molar-refractivity contribution >= 4 is 51.6 Å². The van der Waals surface area contributed by atoms with Gasteiger partial charge < -0.3 is 63.5 Å². The van der Waals surface area contributed by atoms with E-state index < -0.39 is 17.5 Å². The number of rotatable bonds is 12. The molecule has 2 atom stereocenters. The van der Waals surface area contributed by atoms with Gasteiger partial charge in [-0.2, -0.15) is 0 Å². The van der Waals surface area contributed by atoms with Gasteiger partial charge in [-0.05, 0) is 160 Å². The van der Waals surface area contributed by atoms with E-state index >= 15 is 0 Å². The highest BCUT2D eigenvalue weighted by molar-refractivity contribution is 5.98. The highest BCUT2D eigenvalue weighted by atomic mass is 16.7. The molecule has 17 heteroatoms. The van der Waals surface area contributed by atoms with Crippen LogP contribution in [0.1, 0.15) is 110 Å². The van der Waals surface area contributed by atoms with Crippen LogP contribution in [-0.4, -0.2) is 125 Å². The lowest BCUT2D eigenvalue weighted by Crippen LogP contribution is -2.36. The number of hydrogen-bond donors (Lipinski definition) is 2. The van der Waals surface area contributed by atoms with E-state index in [4.69, 9.17) is 38.9 Å². The molecule has 0 spiro atoms. The molecule has 0 bridgehead atoms. The van der Waals surface area contributed by atoms with Crippen LogP contribution in [0.4, 0.5) is 17.1 Å². The molecule has 1 aromatic heterocycles. The number of amides is 4. The Morgan fingerprint density at radius 2 is 1.18 bits per heavy atom. The van der Waals surface area contributed by atoms with Crippen LogP contribution >= 0.6 is 0 Å². The molecule has 11 rings (SSSR count). The minimum Gasteiger partial charge on any atom is -0.496 e. The molecule has 4 aromatic carbocycles. The van der Waals surface area contributed by atoms with E-state index in [2.05, 4.69) is 51.3 Å². The molecule has 0 aliphatic carbocycles. The van der Waals surface area contributed by atoms with Gasteiger partial charge in [-0.3, -0.25) is 19.2 Å². The summed E-state index contributed by atoms with van der Waals surface area (Å²) in [5.74, 6) is 1.57. The Morgan fingerprint density at radius 1 is 0.662 bits per heavy atom. The Labute approximate surface area is 452 Å². The number of nitrogens with two attached hydrogens (primary N) is 1. The fraction of sp³-hybridized carbons (Fsp3) is 0.500. The van der Waals surface area contributed by atoms with Crippen LogP contribution in [0.5, 0.6) is 17.2 Å². The second-order valence-electron chi connectivity index (χ2n) is 21.9. The summed E-state index contributed by atoms with van der Waals surface area (Å²) in [6.07, 6.45) is 10.5. The van der Waals surface area contributed by atoms with Crippen molar-refractivity contribution in [2.45, 2.75) is 128 Å². The van der Waals surface area contributed by atoms with E-state index in [-0.39, 0.29) is 29.9 Å². The molecule has 3 saturated heterocycles. The van der Waals surface area contributed by atoms with Gasteiger partial charge in [-0.25, -0.2) is 0 Å². The third-order valence-electron chi connectivity index (χ3n) is 15.7. The highest BCUT2D eigenvalue weighted by Gasteiger charge is 2.35. The van der Waals surface area contributed by atoms with Crippen LogP contribution < -0.4 is 35.1 Å². The largest absolute Gasteiger partial charge is 0.496 e. The average Bonchev–Trinajstić information content (AvgIpc) is 4.11. The van der Waals surface area contributed by atoms with Gasteiger partial charge >= 0.3 is 0 Å². The molecule has 2 unspecified atom stereocenters. The molecule has 3 N–H and O–H groups in total. The number of benzene rings is 4. The summed E-state index contributed by atoms with van der Waals surface area (Å²) in [7, 11) is 8.76. The van der Waals surface area contributed by atoms with E-state index in [0.717, 1.165) is 131 Å². The summed E-state index contributed by atoms with van der Waals surface area (Å²) in [4.78, 5) is 53.2. The standard InChI is InChI=1S/C27H32N4O3.C17H23NO4.C16H21NO4/c1-29-23-15-20(25(34-2)17-19(23)5-6-26(29)32)7-11-30-12-9-22(10-13-30)31-14-8-18-3-4-21(27(28)33)16-24(18)31;1-17(2)21-10-13(22-17)7-12-8-14-11(9-15(12)20-4)5-6-16(19)18(14)3;1-16(2)20-9-12(21-16)6-11-7-13-10(8-14(11)19-3)4-5-15(18)17-13/h3-4,8,14-17,22H,5-7,9-13H2,1-2H3,(H2,28,33);8-9,13H,5-7,10H2,1-4H3;7-8,12H,4-6,9H2,1-3H3,(H,17,18). The SMILES string of the molecule is COc1cc2c(cc1CC1COC(C)(C)O1)N(C)C(=O)CC2.COc1cc2c(cc1CC1COC(C)(C)O1)NC(=O)CC2.COc1cc2c(cc1CCN1CCC(n3ccc4ccc(C(N)=O)cc43)CC1)N(C)C(=O)CC2. The first kappa shape index (κ1) is 55.3. The van der Waals surface area contributed by atoms with Gasteiger partial charge in [-0.1, -0.05) is 6.07 Å². The molecule has 5 aromatic rings. The van der Waals surface area contributed by atoms with Crippen molar-refractivity contribution < 1.29 is 52.3 Å². The van der Waals surface area contributed by atoms with Gasteiger partial charge in [0.05, 0.1) is 46.8 Å². The van der Waals surface area contributed by atoms with Crippen molar-refractivity contribution in [2.24, 2.45) is 5.73 Å². The van der Waals surface area contributed by atoms with Crippen LogP contribution in [0, 0.1) is 0 Å². The Hall–Kier alpha value is -6.50. The maximum atomic E-state index is 12.2. The number of ether oxygens (including phenoxy) is 7. The third kappa shape index (κ3) is 12.8. The normalized spacial score (nSPS) is 20.8. The van der Waals surface area contributed by atoms with Crippen molar-refractivity contribution in [2.75, 3.05) is 83.4 Å². The van der Waals surface area contributed by atoms with Crippen molar-refractivity contribution in [3.8, 4) is 17.2 Å². The number of aryl methyl sites for hydroxylation is 3. The average molecular weight is 1060 g/mol. The first-order chi connectivity index (χ1) is 36.8. The van der Waals surface area contributed by atoms with E-state index in [0.29, 0.717) is 56.9 Å². The number of anilines is 3. The molecule has 6 aliphatic heterocycles. The fourth-order valence-electron chi connectivity index (χ4n) is 11.5. The van der Waals surface area contributed by atoms with Crippen LogP contribution in [-0.2, 0) is 71.9 Å². The van der Waals surface area contributed by atoms with Gasteiger partial charge in [0.15, 0.2) is 11.6 Å². The Morgan fingerprint density at radius 3 is 1.71 bits per heavy atom. The predicted octanol–water partition coefficient (Wildman–Crippen LogP) is 8.11. The van der Waals surface area contributed by atoms with Crippen molar-refractivity contribution in [1.82, 2.24) is 9.47 Å². The smallest absolute Gasteiger partial charge is 0.248 e. The molecule has 6 aliphatic rings. The zero-order chi connectivity index (χ0) is 54.8. The second kappa shape index (κ2) is 23.2. The maximum Gasteiger partial charge on any atom is 0.248 e. The van der Waals surface area contributed by atoms with Gasteiger partial charge in [0.2, 0.25) is 23.6 Å². The lowest BCUT2D eigenvalue weighted by molar-refractivity contribution is -0.138. The van der Waals surface area contributed by atoms with E-state index in [1.54, 1.807) is 37.2 Å². The topological polar surface area (TPSA) is 186 Å². The number of primary amides is 1. The number of piperidine rings is 1. The summed E-state index contributed by atoms with van der Waals surface area (Å²) < 4.78 is 42.0. The zero-order valence-corrected chi connectivity index (χ0v) is 46.3. The summed E-state index contributed by atoms with van der Waals surface area (Å²) in [5.41, 5.74) is 16.7. The summed E-state index contributed by atoms with van der Waals surface area (Å²) in [6.45, 7) is 11.8.